The Bertz CT molecular complexity index is 431. The van der Waals surface area contributed by atoms with Gasteiger partial charge >= 0.3 is 6.01 Å². The lowest BCUT2D eigenvalue weighted by molar-refractivity contribution is 0.166. The first-order valence-corrected chi connectivity index (χ1v) is 7.77. The van der Waals surface area contributed by atoms with E-state index < -0.39 is 0 Å². The largest absolute Gasteiger partial charge is 0.333 e. The van der Waals surface area contributed by atoms with E-state index in [0.717, 1.165) is 11.7 Å². The third-order valence-electron chi connectivity index (χ3n) is 4.24. The SMILES string of the molecule is CC(C)(C)Nc1nc(C2CCC(C(C)(C)C)CC2)no1. The molecule has 0 amide bonds. The number of hydrogen-bond donors (Lipinski definition) is 1. The zero-order valence-electron chi connectivity index (χ0n) is 13.8. The van der Waals surface area contributed by atoms with E-state index in [9.17, 15) is 0 Å². The monoisotopic (exact) mass is 279 g/mol. The van der Waals surface area contributed by atoms with Gasteiger partial charge in [-0.15, -0.1) is 0 Å². The van der Waals surface area contributed by atoms with Crippen LogP contribution >= 0.6 is 0 Å². The standard InChI is InChI=1S/C16H29N3O/c1-15(2,3)12-9-7-11(8-10-12)13-17-14(20-19-13)18-16(4,5)6/h11-12H,7-10H2,1-6H3,(H,17,18,19). The molecule has 114 valence electrons. The molecule has 0 radical (unpaired) electrons. The number of nitrogens with one attached hydrogen (secondary N) is 1. The molecule has 0 bridgehead atoms. The summed E-state index contributed by atoms with van der Waals surface area (Å²) in [7, 11) is 0. The van der Waals surface area contributed by atoms with Crippen LogP contribution in [0.1, 0.15) is 79.0 Å². The molecule has 20 heavy (non-hydrogen) atoms. The number of aromatic nitrogens is 2. The molecule has 4 heteroatoms. The predicted octanol–water partition coefficient (Wildman–Crippen LogP) is 4.60. The van der Waals surface area contributed by atoms with Gasteiger partial charge in [0.15, 0.2) is 5.82 Å². The fourth-order valence-corrected chi connectivity index (χ4v) is 2.99. The van der Waals surface area contributed by atoms with Gasteiger partial charge in [-0.05, 0) is 57.8 Å². The number of rotatable bonds is 2. The number of hydrogen-bond acceptors (Lipinski definition) is 4. The molecule has 1 saturated carbocycles. The maximum atomic E-state index is 5.32. The summed E-state index contributed by atoms with van der Waals surface area (Å²) >= 11 is 0. The molecule has 0 unspecified atom stereocenters. The Morgan fingerprint density at radius 2 is 1.60 bits per heavy atom. The normalized spacial score (nSPS) is 24.7. The van der Waals surface area contributed by atoms with Crippen LogP contribution in [-0.4, -0.2) is 15.7 Å². The highest BCUT2D eigenvalue weighted by molar-refractivity contribution is 5.23. The highest BCUT2D eigenvalue weighted by atomic mass is 16.5. The van der Waals surface area contributed by atoms with E-state index in [2.05, 4.69) is 57.0 Å². The van der Waals surface area contributed by atoms with E-state index in [1.54, 1.807) is 0 Å². The third kappa shape index (κ3) is 3.97. The summed E-state index contributed by atoms with van der Waals surface area (Å²) in [5.74, 6) is 2.16. The van der Waals surface area contributed by atoms with Crippen LogP contribution < -0.4 is 5.32 Å². The quantitative estimate of drug-likeness (QED) is 0.859. The Kier molecular flexibility index (Phi) is 4.12. The average Bonchev–Trinajstić information content (AvgIpc) is 2.74. The van der Waals surface area contributed by atoms with Crippen LogP contribution in [0.5, 0.6) is 0 Å². The lowest BCUT2D eigenvalue weighted by Gasteiger charge is -2.36. The van der Waals surface area contributed by atoms with E-state index in [4.69, 9.17) is 4.52 Å². The maximum absolute atomic E-state index is 5.32. The summed E-state index contributed by atoms with van der Waals surface area (Å²) in [5.41, 5.74) is 0.370. The van der Waals surface area contributed by atoms with Gasteiger partial charge in [0.1, 0.15) is 0 Å². The average molecular weight is 279 g/mol. The molecule has 4 nitrogen and oxygen atoms in total. The van der Waals surface area contributed by atoms with Crippen molar-refractivity contribution in [2.24, 2.45) is 11.3 Å². The van der Waals surface area contributed by atoms with Crippen LogP contribution in [0.2, 0.25) is 0 Å². The third-order valence-corrected chi connectivity index (χ3v) is 4.24. The van der Waals surface area contributed by atoms with Gasteiger partial charge in [-0.25, -0.2) is 0 Å². The first-order chi connectivity index (χ1) is 9.15. The van der Waals surface area contributed by atoms with Crippen LogP contribution in [0.3, 0.4) is 0 Å². The fourth-order valence-electron chi connectivity index (χ4n) is 2.99. The molecule has 1 aromatic heterocycles. The minimum atomic E-state index is -0.0479. The van der Waals surface area contributed by atoms with E-state index in [0.29, 0.717) is 17.3 Å². The molecule has 1 aliphatic carbocycles. The zero-order chi connectivity index (χ0) is 15.0. The van der Waals surface area contributed by atoms with Gasteiger partial charge in [-0.1, -0.05) is 25.9 Å². The maximum Gasteiger partial charge on any atom is 0.321 e. The van der Waals surface area contributed by atoms with Gasteiger partial charge in [0.05, 0.1) is 0 Å². The molecule has 0 atom stereocenters. The Morgan fingerprint density at radius 3 is 2.10 bits per heavy atom. The van der Waals surface area contributed by atoms with Crippen molar-refractivity contribution in [2.75, 3.05) is 5.32 Å². The van der Waals surface area contributed by atoms with Crippen LogP contribution in [-0.2, 0) is 0 Å². The Morgan fingerprint density at radius 1 is 1.00 bits per heavy atom. The second-order valence-electron chi connectivity index (χ2n) is 8.25. The molecule has 0 aliphatic heterocycles. The van der Waals surface area contributed by atoms with E-state index in [1.807, 2.05) is 0 Å². The van der Waals surface area contributed by atoms with E-state index in [-0.39, 0.29) is 5.54 Å². The Labute approximate surface area is 122 Å². The van der Waals surface area contributed by atoms with Crippen molar-refractivity contribution in [3.63, 3.8) is 0 Å². The summed E-state index contributed by atoms with van der Waals surface area (Å²) < 4.78 is 5.32. The summed E-state index contributed by atoms with van der Waals surface area (Å²) in [6.45, 7) is 13.3. The molecule has 1 heterocycles. The van der Waals surface area contributed by atoms with Crippen molar-refractivity contribution in [1.29, 1.82) is 0 Å². The smallest absolute Gasteiger partial charge is 0.321 e. The number of anilines is 1. The van der Waals surface area contributed by atoms with Crippen molar-refractivity contribution >= 4 is 6.01 Å². The molecule has 1 aliphatic rings. The summed E-state index contributed by atoms with van der Waals surface area (Å²) in [6.07, 6.45) is 4.89. The highest BCUT2D eigenvalue weighted by Crippen LogP contribution is 2.42. The Balaban J connectivity index is 1.94. The molecule has 1 fully saturated rings. The van der Waals surface area contributed by atoms with Crippen molar-refractivity contribution in [1.82, 2.24) is 10.1 Å². The van der Waals surface area contributed by atoms with Gasteiger partial charge in [0.2, 0.25) is 0 Å². The van der Waals surface area contributed by atoms with Crippen LogP contribution in [0.25, 0.3) is 0 Å². The molecule has 0 aromatic carbocycles. The zero-order valence-corrected chi connectivity index (χ0v) is 13.8. The number of nitrogens with zero attached hydrogens (tertiary/aromatic N) is 2. The van der Waals surface area contributed by atoms with Crippen molar-refractivity contribution < 1.29 is 4.52 Å². The minimum absolute atomic E-state index is 0.0479. The topological polar surface area (TPSA) is 51.0 Å². The summed E-state index contributed by atoms with van der Waals surface area (Å²) in [5, 5.41) is 7.40. The second-order valence-corrected chi connectivity index (χ2v) is 8.25. The van der Waals surface area contributed by atoms with Crippen LogP contribution in [0, 0.1) is 11.3 Å². The minimum Gasteiger partial charge on any atom is -0.333 e. The van der Waals surface area contributed by atoms with E-state index >= 15 is 0 Å². The second kappa shape index (κ2) is 5.38. The molecule has 1 N–H and O–H groups in total. The fraction of sp³-hybridized carbons (Fsp3) is 0.875. The molecular formula is C16H29N3O. The van der Waals surface area contributed by atoms with Crippen molar-refractivity contribution in [3.8, 4) is 0 Å². The summed E-state index contributed by atoms with van der Waals surface area (Å²) in [6, 6.07) is 0.547. The van der Waals surface area contributed by atoms with Gasteiger partial charge < -0.3 is 9.84 Å². The molecular weight excluding hydrogens is 250 g/mol. The van der Waals surface area contributed by atoms with Crippen LogP contribution in [0.15, 0.2) is 4.52 Å². The van der Waals surface area contributed by atoms with Gasteiger partial charge in [0, 0.05) is 11.5 Å². The van der Waals surface area contributed by atoms with Crippen molar-refractivity contribution in [3.05, 3.63) is 5.82 Å². The van der Waals surface area contributed by atoms with E-state index in [1.165, 1.54) is 25.7 Å². The molecule has 1 aromatic rings. The van der Waals surface area contributed by atoms with Crippen LogP contribution in [0.4, 0.5) is 6.01 Å². The van der Waals surface area contributed by atoms with Gasteiger partial charge in [0.25, 0.3) is 0 Å². The lowest BCUT2D eigenvalue weighted by atomic mass is 9.70. The first-order valence-electron chi connectivity index (χ1n) is 7.77. The molecule has 0 spiro atoms. The van der Waals surface area contributed by atoms with Gasteiger partial charge in [-0.3, -0.25) is 0 Å². The Hall–Kier alpha value is -1.06. The lowest BCUT2D eigenvalue weighted by Crippen LogP contribution is -2.26. The highest BCUT2D eigenvalue weighted by Gasteiger charge is 2.32. The van der Waals surface area contributed by atoms with Gasteiger partial charge in [-0.2, -0.15) is 4.98 Å². The molecule has 2 rings (SSSR count). The predicted molar refractivity (Wildman–Crippen MR) is 81.8 cm³/mol. The molecule has 0 saturated heterocycles. The van der Waals surface area contributed by atoms with Crippen molar-refractivity contribution in [2.45, 2.75) is 78.7 Å². The summed E-state index contributed by atoms with van der Waals surface area (Å²) in [4.78, 5) is 4.52. The first kappa shape index (κ1) is 15.3.